The average Bonchev–Trinajstić information content (AvgIpc) is 2.55. The van der Waals surface area contributed by atoms with Crippen molar-refractivity contribution < 1.29 is 8.42 Å². The summed E-state index contributed by atoms with van der Waals surface area (Å²) >= 11 is 0. The summed E-state index contributed by atoms with van der Waals surface area (Å²) in [4.78, 5) is 18.8. The lowest BCUT2D eigenvalue weighted by atomic mass is 9.94. The first-order chi connectivity index (χ1) is 10.6. The highest BCUT2D eigenvalue weighted by atomic mass is 32.2. The molecule has 1 aliphatic rings. The lowest BCUT2D eigenvalue weighted by molar-refractivity contribution is 0.489. The second kappa shape index (κ2) is 5.96. The molecule has 0 aliphatic carbocycles. The van der Waals surface area contributed by atoms with E-state index in [1.807, 2.05) is 0 Å². The molecular formula is C14H17N5O2S. The highest BCUT2D eigenvalue weighted by molar-refractivity contribution is 7.90. The van der Waals surface area contributed by atoms with Gasteiger partial charge in [-0.25, -0.2) is 23.4 Å². The SMILES string of the molecule is CS(=O)(=O)c1cncnc1C1CCCN(c2cnccn2)C1. The molecule has 0 N–H and O–H groups in total. The summed E-state index contributed by atoms with van der Waals surface area (Å²) in [5.41, 5.74) is 0.603. The summed E-state index contributed by atoms with van der Waals surface area (Å²) < 4.78 is 23.9. The van der Waals surface area contributed by atoms with Crippen LogP contribution < -0.4 is 4.90 Å². The van der Waals surface area contributed by atoms with Crippen LogP contribution >= 0.6 is 0 Å². The molecule has 0 amide bonds. The van der Waals surface area contributed by atoms with Crippen LogP contribution in [0.3, 0.4) is 0 Å². The van der Waals surface area contributed by atoms with Gasteiger partial charge in [0.15, 0.2) is 9.84 Å². The zero-order valence-electron chi connectivity index (χ0n) is 12.3. The minimum Gasteiger partial charge on any atom is -0.355 e. The topological polar surface area (TPSA) is 88.9 Å². The Morgan fingerprint density at radius 3 is 2.77 bits per heavy atom. The van der Waals surface area contributed by atoms with Gasteiger partial charge in [0, 0.05) is 43.9 Å². The van der Waals surface area contributed by atoms with Gasteiger partial charge in [-0.15, -0.1) is 0 Å². The van der Waals surface area contributed by atoms with E-state index in [-0.39, 0.29) is 10.8 Å². The highest BCUT2D eigenvalue weighted by Crippen LogP contribution is 2.30. The molecule has 7 nitrogen and oxygen atoms in total. The molecule has 0 saturated carbocycles. The van der Waals surface area contributed by atoms with Crippen molar-refractivity contribution in [2.24, 2.45) is 0 Å². The smallest absolute Gasteiger partial charge is 0.178 e. The Bertz CT molecular complexity index is 751. The average molecular weight is 319 g/mol. The quantitative estimate of drug-likeness (QED) is 0.835. The Kier molecular flexibility index (Phi) is 4.02. The molecule has 0 aromatic carbocycles. The molecule has 2 aromatic heterocycles. The molecule has 1 unspecified atom stereocenters. The fourth-order valence-corrected chi connectivity index (χ4v) is 3.63. The van der Waals surface area contributed by atoms with Crippen LogP contribution in [0.25, 0.3) is 0 Å². The molecular weight excluding hydrogens is 302 g/mol. The Morgan fingerprint density at radius 2 is 2.05 bits per heavy atom. The van der Waals surface area contributed by atoms with Gasteiger partial charge in [-0.05, 0) is 12.8 Å². The number of nitrogens with zero attached hydrogens (tertiary/aromatic N) is 5. The number of aromatic nitrogens is 4. The van der Waals surface area contributed by atoms with Gasteiger partial charge in [0.2, 0.25) is 0 Å². The lowest BCUT2D eigenvalue weighted by Gasteiger charge is -2.33. The van der Waals surface area contributed by atoms with E-state index in [9.17, 15) is 8.42 Å². The van der Waals surface area contributed by atoms with Gasteiger partial charge in [-0.2, -0.15) is 0 Å². The van der Waals surface area contributed by atoms with Gasteiger partial charge in [0.1, 0.15) is 17.0 Å². The molecule has 1 aliphatic heterocycles. The molecule has 3 heterocycles. The minimum atomic E-state index is -3.34. The fourth-order valence-electron chi connectivity index (χ4n) is 2.78. The van der Waals surface area contributed by atoms with E-state index in [1.165, 1.54) is 18.8 Å². The van der Waals surface area contributed by atoms with Gasteiger partial charge in [0.05, 0.1) is 11.9 Å². The normalized spacial score (nSPS) is 19.1. The standard InChI is InChI=1S/C14H17N5O2S/c1-22(20,21)12-7-16-10-18-14(12)11-3-2-6-19(9-11)13-8-15-4-5-17-13/h4-5,7-8,10-11H,2-3,6,9H2,1H3. The van der Waals surface area contributed by atoms with Crippen molar-refractivity contribution in [3.05, 3.63) is 36.8 Å². The molecule has 0 spiro atoms. The molecule has 2 aromatic rings. The molecule has 8 heteroatoms. The van der Waals surface area contributed by atoms with Crippen LogP contribution in [-0.4, -0.2) is 47.7 Å². The Balaban J connectivity index is 1.90. The monoisotopic (exact) mass is 319 g/mol. The van der Waals surface area contributed by atoms with Crippen LogP contribution in [0.1, 0.15) is 24.5 Å². The third-order valence-corrected chi connectivity index (χ3v) is 4.90. The lowest BCUT2D eigenvalue weighted by Crippen LogP contribution is -2.35. The molecule has 116 valence electrons. The van der Waals surface area contributed by atoms with Gasteiger partial charge in [0.25, 0.3) is 0 Å². The zero-order valence-corrected chi connectivity index (χ0v) is 13.1. The molecule has 1 atom stereocenters. The Morgan fingerprint density at radius 1 is 1.18 bits per heavy atom. The van der Waals surface area contributed by atoms with Crippen molar-refractivity contribution in [1.29, 1.82) is 0 Å². The van der Waals surface area contributed by atoms with Gasteiger partial charge >= 0.3 is 0 Å². The van der Waals surface area contributed by atoms with Crippen molar-refractivity contribution in [2.45, 2.75) is 23.7 Å². The van der Waals surface area contributed by atoms with Gasteiger partial charge in [-0.1, -0.05) is 0 Å². The molecule has 1 fully saturated rings. The van der Waals surface area contributed by atoms with E-state index < -0.39 is 9.84 Å². The molecule has 1 saturated heterocycles. The predicted molar refractivity (Wildman–Crippen MR) is 81.4 cm³/mol. The van der Waals surface area contributed by atoms with Crippen LogP contribution in [0, 0.1) is 0 Å². The maximum Gasteiger partial charge on any atom is 0.178 e. The van der Waals surface area contributed by atoms with Gasteiger partial charge in [-0.3, -0.25) is 4.98 Å². The highest BCUT2D eigenvalue weighted by Gasteiger charge is 2.28. The first-order valence-corrected chi connectivity index (χ1v) is 8.96. The van der Waals surface area contributed by atoms with E-state index in [0.717, 1.165) is 25.2 Å². The fraction of sp³-hybridized carbons (Fsp3) is 0.429. The minimum absolute atomic E-state index is 0.0449. The number of anilines is 1. The van der Waals surface area contributed by atoms with E-state index in [1.54, 1.807) is 18.6 Å². The number of hydrogen-bond donors (Lipinski definition) is 0. The second-order valence-corrected chi connectivity index (χ2v) is 7.38. The summed E-state index contributed by atoms with van der Waals surface area (Å²) in [5.74, 6) is 0.852. The van der Waals surface area contributed by atoms with Crippen LogP contribution in [0.5, 0.6) is 0 Å². The molecule has 0 radical (unpaired) electrons. The predicted octanol–water partition coefficient (Wildman–Crippen LogP) is 1.05. The maximum absolute atomic E-state index is 11.9. The summed E-state index contributed by atoms with van der Waals surface area (Å²) in [6.45, 7) is 1.56. The van der Waals surface area contributed by atoms with E-state index in [0.29, 0.717) is 12.2 Å². The van der Waals surface area contributed by atoms with Crippen molar-refractivity contribution in [2.75, 3.05) is 24.2 Å². The molecule has 3 rings (SSSR count). The summed E-state index contributed by atoms with van der Waals surface area (Å²) in [7, 11) is -3.34. The second-order valence-electron chi connectivity index (χ2n) is 5.39. The summed E-state index contributed by atoms with van der Waals surface area (Å²) in [6.07, 6.45) is 10.9. The Hall–Kier alpha value is -2.09. The molecule has 0 bridgehead atoms. The first kappa shape index (κ1) is 14.8. The number of rotatable bonds is 3. The maximum atomic E-state index is 11.9. The molecule has 22 heavy (non-hydrogen) atoms. The number of piperidine rings is 1. The number of sulfone groups is 1. The number of hydrogen-bond acceptors (Lipinski definition) is 7. The zero-order chi connectivity index (χ0) is 15.6. The van der Waals surface area contributed by atoms with Crippen molar-refractivity contribution >= 4 is 15.7 Å². The van der Waals surface area contributed by atoms with E-state index >= 15 is 0 Å². The third kappa shape index (κ3) is 3.06. The van der Waals surface area contributed by atoms with E-state index in [2.05, 4.69) is 24.8 Å². The Labute approximate surface area is 129 Å². The summed E-state index contributed by atoms with van der Waals surface area (Å²) in [6, 6.07) is 0. The van der Waals surface area contributed by atoms with Crippen molar-refractivity contribution in [3.8, 4) is 0 Å². The van der Waals surface area contributed by atoms with Crippen molar-refractivity contribution in [3.63, 3.8) is 0 Å². The van der Waals surface area contributed by atoms with Crippen LogP contribution in [-0.2, 0) is 9.84 Å². The van der Waals surface area contributed by atoms with Crippen LogP contribution in [0.15, 0.2) is 36.0 Å². The third-order valence-electron chi connectivity index (χ3n) is 3.79. The van der Waals surface area contributed by atoms with Gasteiger partial charge < -0.3 is 4.90 Å². The van der Waals surface area contributed by atoms with Crippen LogP contribution in [0.4, 0.5) is 5.82 Å². The van der Waals surface area contributed by atoms with E-state index in [4.69, 9.17) is 0 Å². The first-order valence-electron chi connectivity index (χ1n) is 7.06. The van der Waals surface area contributed by atoms with Crippen LogP contribution in [0.2, 0.25) is 0 Å². The summed E-state index contributed by atoms with van der Waals surface area (Å²) in [5, 5.41) is 0. The largest absolute Gasteiger partial charge is 0.355 e. The van der Waals surface area contributed by atoms with Crippen molar-refractivity contribution in [1.82, 2.24) is 19.9 Å².